The first kappa shape index (κ1) is 15.0. The van der Waals surface area contributed by atoms with Crippen LogP contribution in [0.15, 0.2) is 18.3 Å². The molecular formula is C14H24N4O2. The molecule has 112 valence electrons. The van der Waals surface area contributed by atoms with Gasteiger partial charge in [0.15, 0.2) is 5.82 Å². The zero-order chi connectivity index (χ0) is 14.2. The number of methoxy groups -OCH3 is 1. The van der Waals surface area contributed by atoms with E-state index in [1.54, 1.807) is 13.3 Å². The lowest BCUT2D eigenvalue weighted by atomic mass is 10.3. The molecule has 1 aliphatic heterocycles. The molecule has 6 heteroatoms. The SMILES string of the molecule is COCCOCCN1CCN(c2ncccc2N)CC1. The Morgan fingerprint density at radius 1 is 1.20 bits per heavy atom. The van der Waals surface area contributed by atoms with E-state index in [9.17, 15) is 0 Å². The molecule has 1 fully saturated rings. The van der Waals surface area contributed by atoms with Gasteiger partial charge < -0.3 is 20.1 Å². The molecule has 2 rings (SSSR count). The standard InChI is InChI=1S/C14H24N4O2/c1-19-11-12-20-10-9-17-5-7-18(8-6-17)14-13(15)3-2-4-16-14/h2-4H,5-12,15H2,1H3. The summed E-state index contributed by atoms with van der Waals surface area (Å²) in [5, 5.41) is 0. The number of hydrogen-bond donors (Lipinski definition) is 1. The minimum absolute atomic E-state index is 0.659. The van der Waals surface area contributed by atoms with Gasteiger partial charge in [0.1, 0.15) is 0 Å². The van der Waals surface area contributed by atoms with E-state index in [4.69, 9.17) is 15.2 Å². The van der Waals surface area contributed by atoms with Gasteiger partial charge in [-0.25, -0.2) is 4.98 Å². The number of nitrogens with two attached hydrogens (primary N) is 1. The lowest BCUT2D eigenvalue weighted by molar-refractivity contribution is 0.0563. The molecule has 6 nitrogen and oxygen atoms in total. The molecule has 0 bridgehead atoms. The third kappa shape index (κ3) is 4.33. The fourth-order valence-corrected chi connectivity index (χ4v) is 2.29. The minimum atomic E-state index is 0.659. The fraction of sp³-hybridized carbons (Fsp3) is 0.643. The average molecular weight is 280 g/mol. The van der Waals surface area contributed by atoms with Crippen LogP contribution < -0.4 is 10.6 Å². The second-order valence-electron chi connectivity index (χ2n) is 4.85. The van der Waals surface area contributed by atoms with Gasteiger partial charge in [-0.3, -0.25) is 4.90 Å². The topological polar surface area (TPSA) is 63.9 Å². The Balaban J connectivity index is 1.69. The molecular weight excluding hydrogens is 256 g/mol. The molecule has 20 heavy (non-hydrogen) atoms. The van der Waals surface area contributed by atoms with Crippen LogP contribution in [0.2, 0.25) is 0 Å². The maximum Gasteiger partial charge on any atom is 0.151 e. The van der Waals surface area contributed by atoms with Gasteiger partial charge in [-0.15, -0.1) is 0 Å². The predicted molar refractivity (Wildman–Crippen MR) is 80.0 cm³/mol. The zero-order valence-corrected chi connectivity index (χ0v) is 12.1. The van der Waals surface area contributed by atoms with E-state index < -0.39 is 0 Å². The maximum atomic E-state index is 5.96. The third-order valence-corrected chi connectivity index (χ3v) is 3.47. The molecule has 0 aliphatic carbocycles. The highest BCUT2D eigenvalue weighted by Crippen LogP contribution is 2.20. The van der Waals surface area contributed by atoms with Gasteiger partial charge in [0, 0.05) is 46.0 Å². The zero-order valence-electron chi connectivity index (χ0n) is 12.1. The number of anilines is 2. The number of hydrogen-bond acceptors (Lipinski definition) is 6. The second-order valence-corrected chi connectivity index (χ2v) is 4.85. The van der Waals surface area contributed by atoms with Crippen molar-refractivity contribution in [3.63, 3.8) is 0 Å². The Labute approximate surface area is 120 Å². The van der Waals surface area contributed by atoms with Crippen molar-refractivity contribution in [1.29, 1.82) is 0 Å². The van der Waals surface area contributed by atoms with Gasteiger partial charge in [0.05, 0.1) is 25.5 Å². The van der Waals surface area contributed by atoms with E-state index in [0.717, 1.165) is 50.8 Å². The molecule has 0 saturated carbocycles. The lowest BCUT2D eigenvalue weighted by Gasteiger charge is -2.35. The molecule has 1 aromatic rings. The van der Waals surface area contributed by atoms with Crippen molar-refractivity contribution in [2.24, 2.45) is 0 Å². The number of ether oxygens (including phenoxy) is 2. The monoisotopic (exact) mass is 280 g/mol. The summed E-state index contributed by atoms with van der Waals surface area (Å²) in [7, 11) is 1.69. The summed E-state index contributed by atoms with van der Waals surface area (Å²) < 4.78 is 10.4. The molecule has 2 heterocycles. The van der Waals surface area contributed by atoms with E-state index >= 15 is 0 Å². The highest BCUT2D eigenvalue weighted by atomic mass is 16.5. The molecule has 0 amide bonds. The van der Waals surface area contributed by atoms with Crippen molar-refractivity contribution in [3.8, 4) is 0 Å². The van der Waals surface area contributed by atoms with Crippen LogP contribution in [0.25, 0.3) is 0 Å². The molecule has 0 unspecified atom stereocenters. The van der Waals surface area contributed by atoms with Crippen LogP contribution in [0, 0.1) is 0 Å². The van der Waals surface area contributed by atoms with Crippen molar-refractivity contribution in [2.45, 2.75) is 0 Å². The van der Waals surface area contributed by atoms with Crippen LogP contribution in [0.4, 0.5) is 11.5 Å². The summed E-state index contributed by atoms with van der Waals surface area (Å²) in [5.74, 6) is 0.906. The number of nitrogens with zero attached hydrogens (tertiary/aromatic N) is 3. The van der Waals surface area contributed by atoms with Crippen LogP contribution in [-0.2, 0) is 9.47 Å². The largest absolute Gasteiger partial charge is 0.396 e. The normalized spacial score (nSPS) is 16.6. The maximum absolute atomic E-state index is 5.96. The Morgan fingerprint density at radius 2 is 2.00 bits per heavy atom. The molecule has 2 N–H and O–H groups in total. The average Bonchev–Trinajstić information content (AvgIpc) is 2.48. The van der Waals surface area contributed by atoms with Gasteiger partial charge in [-0.2, -0.15) is 0 Å². The summed E-state index contributed by atoms with van der Waals surface area (Å²) in [5.41, 5.74) is 6.72. The van der Waals surface area contributed by atoms with Gasteiger partial charge >= 0.3 is 0 Å². The molecule has 1 saturated heterocycles. The van der Waals surface area contributed by atoms with Crippen LogP contribution in [0.3, 0.4) is 0 Å². The smallest absolute Gasteiger partial charge is 0.151 e. The Hall–Kier alpha value is -1.37. The molecule has 1 aromatic heterocycles. The Morgan fingerprint density at radius 3 is 2.70 bits per heavy atom. The minimum Gasteiger partial charge on any atom is -0.396 e. The van der Waals surface area contributed by atoms with Crippen molar-refractivity contribution in [2.75, 3.05) is 70.3 Å². The molecule has 0 aromatic carbocycles. The van der Waals surface area contributed by atoms with E-state index in [2.05, 4.69) is 14.8 Å². The summed E-state index contributed by atoms with van der Waals surface area (Å²) in [6.45, 7) is 7.00. The van der Waals surface area contributed by atoms with E-state index in [1.165, 1.54) is 0 Å². The quantitative estimate of drug-likeness (QED) is 0.732. The molecule has 1 aliphatic rings. The van der Waals surface area contributed by atoms with Crippen LogP contribution >= 0.6 is 0 Å². The number of aromatic nitrogens is 1. The number of nitrogen functional groups attached to an aromatic ring is 1. The third-order valence-electron chi connectivity index (χ3n) is 3.47. The first-order valence-electron chi connectivity index (χ1n) is 7.05. The number of rotatable bonds is 7. The number of piperazine rings is 1. The van der Waals surface area contributed by atoms with E-state index in [1.807, 2.05) is 12.1 Å². The van der Waals surface area contributed by atoms with Crippen molar-refractivity contribution >= 4 is 11.5 Å². The van der Waals surface area contributed by atoms with Gasteiger partial charge in [0.25, 0.3) is 0 Å². The van der Waals surface area contributed by atoms with Crippen molar-refractivity contribution in [1.82, 2.24) is 9.88 Å². The summed E-state index contributed by atoms with van der Waals surface area (Å²) in [6.07, 6.45) is 1.79. The first-order valence-corrected chi connectivity index (χ1v) is 7.05. The summed E-state index contributed by atoms with van der Waals surface area (Å²) >= 11 is 0. The molecule has 0 spiro atoms. The first-order chi connectivity index (χ1) is 9.81. The van der Waals surface area contributed by atoms with Gasteiger partial charge in [-0.05, 0) is 12.1 Å². The summed E-state index contributed by atoms with van der Waals surface area (Å²) in [6, 6.07) is 3.77. The molecule has 0 radical (unpaired) electrons. The second kappa shape index (κ2) is 8.04. The highest BCUT2D eigenvalue weighted by Gasteiger charge is 2.18. The predicted octanol–water partition coefficient (Wildman–Crippen LogP) is 0.449. The molecule has 0 atom stereocenters. The van der Waals surface area contributed by atoms with Crippen molar-refractivity contribution < 1.29 is 9.47 Å². The lowest BCUT2D eigenvalue weighted by Crippen LogP contribution is -2.47. The van der Waals surface area contributed by atoms with Crippen LogP contribution in [0.5, 0.6) is 0 Å². The van der Waals surface area contributed by atoms with Crippen LogP contribution in [0.1, 0.15) is 0 Å². The summed E-state index contributed by atoms with van der Waals surface area (Å²) in [4.78, 5) is 9.02. The number of pyridine rings is 1. The van der Waals surface area contributed by atoms with Crippen molar-refractivity contribution in [3.05, 3.63) is 18.3 Å². The van der Waals surface area contributed by atoms with Crippen LogP contribution in [-0.4, -0.2) is 69.5 Å². The highest BCUT2D eigenvalue weighted by molar-refractivity contribution is 5.62. The Bertz CT molecular complexity index is 395. The van der Waals surface area contributed by atoms with Gasteiger partial charge in [0.2, 0.25) is 0 Å². The Kier molecular flexibility index (Phi) is 6.04. The van der Waals surface area contributed by atoms with E-state index in [-0.39, 0.29) is 0 Å². The van der Waals surface area contributed by atoms with Gasteiger partial charge in [-0.1, -0.05) is 0 Å². The van der Waals surface area contributed by atoms with E-state index in [0.29, 0.717) is 13.2 Å². The fourth-order valence-electron chi connectivity index (χ4n) is 2.29.